The van der Waals surface area contributed by atoms with Crippen molar-refractivity contribution in [3.8, 4) is 0 Å². The van der Waals surface area contributed by atoms with Crippen molar-refractivity contribution in [2.45, 2.75) is 11.7 Å². The fourth-order valence-corrected chi connectivity index (χ4v) is 3.24. The molecule has 0 radical (unpaired) electrons. The van der Waals surface area contributed by atoms with Gasteiger partial charge in [-0.2, -0.15) is 0 Å². The van der Waals surface area contributed by atoms with Crippen LogP contribution in [0.5, 0.6) is 0 Å². The van der Waals surface area contributed by atoms with Gasteiger partial charge in [0.25, 0.3) is 0 Å². The highest BCUT2D eigenvalue weighted by Crippen LogP contribution is 2.18. The van der Waals surface area contributed by atoms with Crippen LogP contribution in [0.25, 0.3) is 5.65 Å². The van der Waals surface area contributed by atoms with E-state index in [9.17, 15) is 4.79 Å². The van der Waals surface area contributed by atoms with Gasteiger partial charge in [0.1, 0.15) is 0 Å². The lowest BCUT2D eigenvalue weighted by Crippen LogP contribution is -2.27. The number of benzene rings is 1. The first-order valence-electron chi connectivity index (χ1n) is 7.04. The molecule has 3 rings (SSSR count). The molecule has 0 saturated carbocycles. The third-order valence-electron chi connectivity index (χ3n) is 3.37. The van der Waals surface area contributed by atoms with Crippen molar-refractivity contribution in [1.29, 1.82) is 0 Å². The Kier molecular flexibility index (Phi) is 4.97. The number of pyridine rings is 1. The van der Waals surface area contributed by atoms with Crippen LogP contribution in [-0.2, 0) is 11.3 Å². The van der Waals surface area contributed by atoms with E-state index in [0.717, 1.165) is 20.8 Å². The quantitative estimate of drug-likeness (QED) is 0.627. The van der Waals surface area contributed by atoms with Gasteiger partial charge in [-0.05, 0) is 29.8 Å². The van der Waals surface area contributed by atoms with Gasteiger partial charge in [0.05, 0.1) is 5.75 Å². The molecule has 0 bridgehead atoms. The van der Waals surface area contributed by atoms with Crippen molar-refractivity contribution in [2.24, 2.45) is 0 Å². The summed E-state index contributed by atoms with van der Waals surface area (Å²) in [4.78, 5) is 14.0. The van der Waals surface area contributed by atoms with Crippen LogP contribution in [-0.4, -0.2) is 38.2 Å². The summed E-state index contributed by atoms with van der Waals surface area (Å²) in [7, 11) is 1.81. The second-order valence-corrected chi connectivity index (χ2v) is 6.93. The Labute approximate surface area is 146 Å². The number of carbonyl (C=O) groups is 1. The Morgan fingerprint density at radius 1 is 1.22 bits per heavy atom. The molecule has 0 aliphatic heterocycles. The van der Waals surface area contributed by atoms with Crippen molar-refractivity contribution in [2.75, 3.05) is 12.8 Å². The lowest BCUT2D eigenvalue weighted by Gasteiger charge is -2.16. The molecular weight excluding hydrogens is 376 g/mol. The number of amides is 1. The molecule has 118 valence electrons. The Morgan fingerprint density at radius 2 is 2.00 bits per heavy atom. The minimum Gasteiger partial charge on any atom is -0.341 e. The Bertz CT molecular complexity index is 818. The molecule has 1 aromatic carbocycles. The second kappa shape index (κ2) is 7.14. The second-order valence-electron chi connectivity index (χ2n) is 5.08. The van der Waals surface area contributed by atoms with Gasteiger partial charge in [0.2, 0.25) is 5.91 Å². The summed E-state index contributed by atoms with van der Waals surface area (Å²) in [6.07, 6.45) is 1.90. The van der Waals surface area contributed by atoms with Crippen LogP contribution in [0.3, 0.4) is 0 Å². The summed E-state index contributed by atoms with van der Waals surface area (Å²) in [6.45, 7) is 0.591. The molecule has 0 atom stereocenters. The van der Waals surface area contributed by atoms with E-state index in [1.807, 2.05) is 60.1 Å². The number of thioether (sulfide) groups is 1. The normalized spacial score (nSPS) is 10.9. The minimum atomic E-state index is 0.0607. The molecule has 2 heterocycles. The molecule has 5 nitrogen and oxygen atoms in total. The van der Waals surface area contributed by atoms with Crippen LogP contribution in [0.4, 0.5) is 0 Å². The summed E-state index contributed by atoms with van der Waals surface area (Å²) in [6, 6.07) is 13.7. The van der Waals surface area contributed by atoms with Gasteiger partial charge < -0.3 is 4.90 Å². The summed E-state index contributed by atoms with van der Waals surface area (Å²) in [5, 5.41) is 8.93. The minimum absolute atomic E-state index is 0.0607. The molecule has 7 heteroatoms. The lowest BCUT2D eigenvalue weighted by molar-refractivity contribution is -0.127. The predicted octanol–water partition coefficient (Wildman–Crippen LogP) is 3.24. The molecule has 3 aromatic rings. The smallest absolute Gasteiger partial charge is 0.233 e. The molecule has 0 saturated heterocycles. The van der Waals surface area contributed by atoms with Crippen molar-refractivity contribution >= 4 is 39.2 Å². The maximum atomic E-state index is 12.3. The zero-order valence-electron chi connectivity index (χ0n) is 12.5. The molecule has 0 unspecified atom stereocenters. The molecule has 0 N–H and O–H groups in total. The van der Waals surface area contributed by atoms with Gasteiger partial charge in [0, 0.05) is 24.3 Å². The average molecular weight is 391 g/mol. The fourth-order valence-electron chi connectivity index (χ4n) is 2.11. The highest BCUT2D eigenvalue weighted by atomic mass is 79.9. The summed E-state index contributed by atoms with van der Waals surface area (Å²) < 4.78 is 2.91. The zero-order valence-corrected chi connectivity index (χ0v) is 14.9. The van der Waals surface area contributed by atoms with E-state index in [1.165, 1.54) is 11.8 Å². The number of carbonyl (C=O) groups excluding carboxylic acids is 1. The molecule has 0 aliphatic carbocycles. The molecule has 0 spiro atoms. The highest BCUT2D eigenvalue weighted by molar-refractivity contribution is 9.10. The van der Waals surface area contributed by atoms with Gasteiger partial charge in [-0.25, -0.2) is 0 Å². The number of rotatable bonds is 5. The monoisotopic (exact) mass is 390 g/mol. The number of halogens is 1. The Morgan fingerprint density at radius 3 is 2.78 bits per heavy atom. The van der Waals surface area contributed by atoms with Crippen LogP contribution < -0.4 is 0 Å². The van der Waals surface area contributed by atoms with E-state index in [-0.39, 0.29) is 5.91 Å². The van der Waals surface area contributed by atoms with Crippen LogP contribution in [0.15, 0.2) is 58.3 Å². The molecule has 1 amide bonds. The number of aromatic nitrogens is 3. The van der Waals surface area contributed by atoms with Crippen LogP contribution >= 0.6 is 27.7 Å². The average Bonchev–Trinajstić information content (AvgIpc) is 2.98. The first-order valence-corrected chi connectivity index (χ1v) is 8.82. The maximum Gasteiger partial charge on any atom is 0.233 e. The van der Waals surface area contributed by atoms with Gasteiger partial charge in [-0.15, -0.1) is 10.2 Å². The maximum absolute atomic E-state index is 12.3. The molecular formula is C16H15BrN4OS. The van der Waals surface area contributed by atoms with Crippen LogP contribution in [0.2, 0.25) is 0 Å². The standard InChI is InChI=1S/C16H15BrN4OS/c1-20(10-12-5-7-13(17)8-6-12)15(22)11-23-16-19-18-14-4-2-3-9-21(14)16/h2-9H,10-11H2,1H3. The molecule has 23 heavy (non-hydrogen) atoms. The fraction of sp³-hybridized carbons (Fsp3) is 0.188. The van der Waals surface area contributed by atoms with Crippen LogP contribution in [0.1, 0.15) is 5.56 Å². The lowest BCUT2D eigenvalue weighted by atomic mass is 10.2. The van der Waals surface area contributed by atoms with Gasteiger partial charge in [-0.1, -0.05) is 45.9 Å². The number of hydrogen-bond acceptors (Lipinski definition) is 4. The van der Waals surface area contributed by atoms with E-state index < -0.39 is 0 Å². The first-order chi connectivity index (χ1) is 11.1. The topological polar surface area (TPSA) is 50.5 Å². The van der Waals surface area contributed by atoms with Crippen molar-refractivity contribution < 1.29 is 4.79 Å². The van der Waals surface area contributed by atoms with E-state index in [2.05, 4.69) is 26.1 Å². The first kappa shape index (κ1) is 16.0. The predicted molar refractivity (Wildman–Crippen MR) is 94.3 cm³/mol. The van der Waals surface area contributed by atoms with Crippen LogP contribution in [0, 0.1) is 0 Å². The third-order valence-corrected chi connectivity index (χ3v) is 4.82. The number of nitrogens with zero attached hydrogens (tertiary/aromatic N) is 4. The van der Waals surface area contributed by atoms with E-state index >= 15 is 0 Å². The van der Waals surface area contributed by atoms with Crippen molar-refractivity contribution in [3.05, 3.63) is 58.7 Å². The summed E-state index contributed by atoms with van der Waals surface area (Å²) in [5.41, 5.74) is 1.88. The SMILES string of the molecule is CN(Cc1ccc(Br)cc1)C(=O)CSc1nnc2ccccn12. The molecule has 0 fully saturated rings. The third kappa shape index (κ3) is 3.92. The van der Waals surface area contributed by atoms with E-state index in [1.54, 1.807) is 4.90 Å². The number of hydrogen-bond donors (Lipinski definition) is 0. The van der Waals surface area contributed by atoms with Gasteiger partial charge >= 0.3 is 0 Å². The summed E-state index contributed by atoms with van der Waals surface area (Å²) in [5.74, 6) is 0.397. The van der Waals surface area contributed by atoms with Gasteiger partial charge in [-0.3, -0.25) is 9.20 Å². The Hall–Kier alpha value is -1.86. The number of fused-ring (bicyclic) bond motifs is 1. The van der Waals surface area contributed by atoms with Crippen molar-refractivity contribution in [1.82, 2.24) is 19.5 Å². The van der Waals surface area contributed by atoms with E-state index in [4.69, 9.17) is 0 Å². The highest BCUT2D eigenvalue weighted by Gasteiger charge is 2.12. The van der Waals surface area contributed by atoms with Gasteiger partial charge in [0.15, 0.2) is 10.8 Å². The Balaban J connectivity index is 1.59. The van der Waals surface area contributed by atoms with Crippen molar-refractivity contribution in [3.63, 3.8) is 0 Å². The summed E-state index contributed by atoms with van der Waals surface area (Å²) >= 11 is 4.80. The largest absolute Gasteiger partial charge is 0.341 e. The molecule has 0 aliphatic rings. The molecule has 2 aromatic heterocycles. The zero-order chi connectivity index (χ0) is 16.2. The van der Waals surface area contributed by atoms with E-state index in [0.29, 0.717) is 12.3 Å².